The lowest BCUT2D eigenvalue weighted by molar-refractivity contribution is -0.141. The van der Waals surface area contributed by atoms with Crippen LogP contribution in [0.25, 0.3) is 5.78 Å². The maximum Gasteiger partial charge on any atom is 0.433 e. The number of carbonyl (C=O) groups is 1. The molecule has 22 heavy (non-hydrogen) atoms. The van der Waals surface area contributed by atoms with Crippen molar-refractivity contribution >= 4 is 17.6 Å². The number of fused-ring (bicyclic) bond motifs is 1. The lowest BCUT2D eigenvalue weighted by Gasteiger charge is -2.21. The summed E-state index contributed by atoms with van der Waals surface area (Å²) in [4.78, 5) is 18.3. The third kappa shape index (κ3) is 3.10. The summed E-state index contributed by atoms with van der Waals surface area (Å²) in [6.45, 7) is 3.48. The highest BCUT2D eigenvalue weighted by Crippen LogP contribution is 2.30. The largest absolute Gasteiger partial charge is 0.480 e. The van der Waals surface area contributed by atoms with Crippen LogP contribution in [0.1, 0.15) is 26.0 Å². The Bertz CT molecular complexity index is 685. The van der Waals surface area contributed by atoms with Gasteiger partial charge in [0.1, 0.15) is 18.2 Å². The molecule has 2 rings (SSSR count). The Labute approximate surface area is 123 Å². The van der Waals surface area contributed by atoms with Crippen LogP contribution in [0.4, 0.5) is 19.0 Å². The summed E-state index contributed by atoms with van der Waals surface area (Å²) in [7, 11) is 0. The van der Waals surface area contributed by atoms with E-state index in [-0.39, 0.29) is 17.5 Å². The first-order chi connectivity index (χ1) is 10.2. The van der Waals surface area contributed by atoms with Crippen LogP contribution in [0.2, 0.25) is 0 Å². The van der Waals surface area contributed by atoms with Gasteiger partial charge in [-0.05, 0) is 5.92 Å². The number of halogens is 3. The predicted octanol–water partition coefficient (Wildman–Crippen LogP) is 2.05. The molecule has 0 aliphatic carbocycles. The summed E-state index contributed by atoms with van der Waals surface area (Å²) in [5, 5.41) is 15.6. The maximum atomic E-state index is 12.9. The van der Waals surface area contributed by atoms with E-state index in [0.29, 0.717) is 6.42 Å². The Morgan fingerprint density at radius 3 is 2.73 bits per heavy atom. The second-order valence-electron chi connectivity index (χ2n) is 4.84. The van der Waals surface area contributed by atoms with Gasteiger partial charge < -0.3 is 10.4 Å². The highest BCUT2D eigenvalue weighted by Gasteiger charge is 2.34. The molecule has 0 saturated heterocycles. The first kappa shape index (κ1) is 16.0. The summed E-state index contributed by atoms with van der Waals surface area (Å²) in [6.07, 6.45) is -3.08. The topological polar surface area (TPSA) is 92.4 Å². The van der Waals surface area contributed by atoms with Crippen molar-refractivity contribution in [2.75, 3.05) is 5.32 Å². The van der Waals surface area contributed by atoms with Gasteiger partial charge in [0.15, 0.2) is 5.69 Å². The molecule has 0 unspecified atom stereocenters. The number of rotatable bonds is 5. The van der Waals surface area contributed by atoms with E-state index in [2.05, 4.69) is 20.4 Å². The molecule has 0 saturated carbocycles. The zero-order chi connectivity index (χ0) is 16.5. The third-order valence-electron chi connectivity index (χ3n) is 3.32. The van der Waals surface area contributed by atoms with Gasteiger partial charge in [0.2, 0.25) is 0 Å². The highest BCUT2D eigenvalue weighted by molar-refractivity contribution is 5.77. The second kappa shape index (κ2) is 5.78. The Morgan fingerprint density at radius 2 is 2.18 bits per heavy atom. The number of anilines is 1. The van der Waals surface area contributed by atoms with Crippen molar-refractivity contribution in [3.63, 3.8) is 0 Å². The monoisotopic (exact) mass is 317 g/mol. The minimum absolute atomic E-state index is 0.123. The van der Waals surface area contributed by atoms with Crippen LogP contribution in [0.5, 0.6) is 0 Å². The number of carboxylic acid groups (broad SMARTS) is 1. The lowest BCUT2D eigenvalue weighted by atomic mass is 9.99. The first-order valence-electron chi connectivity index (χ1n) is 6.51. The number of hydrogen-bond donors (Lipinski definition) is 2. The maximum absolute atomic E-state index is 12.9. The highest BCUT2D eigenvalue weighted by atomic mass is 19.4. The Balaban J connectivity index is 2.49. The van der Waals surface area contributed by atoms with Crippen molar-refractivity contribution in [2.45, 2.75) is 32.5 Å². The number of carboxylic acids is 1. The van der Waals surface area contributed by atoms with Crippen molar-refractivity contribution in [3.8, 4) is 0 Å². The SMILES string of the molecule is CC[C@H](C)[C@H](Nc1cc(C(F)(F)F)nc2ncnn12)C(=O)O. The van der Waals surface area contributed by atoms with E-state index in [1.165, 1.54) is 0 Å². The van der Waals surface area contributed by atoms with Crippen LogP contribution < -0.4 is 5.32 Å². The standard InChI is InChI=1S/C12H14F3N5O2/c1-3-6(2)9(10(21)22)19-8-4-7(12(13,14)15)18-11-16-5-17-20(8)11/h4-6,9,19H,3H2,1-2H3,(H,21,22)/t6-,9-/m0/s1. The molecule has 10 heteroatoms. The minimum atomic E-state index is -4.67. The van der Waals surface area contributed by atoms with E-state index < -0.39 is 23.9 Å². The van der Waals surface area contributed by atoms with Crippen LogP contribution in [-0.2, 0) is 11.0 Å². The first-order valence-corrected chi connectivity index (χ1v) is 6.51. The van der Waals surface area contributed by atoms with Crippen molar-refractivity contribution in [1.82, 2.24) is 19.6 Å². The van der Waals surface area contributed by atoms with Crippen LogP contribution >= 0.6 is 0 Å². The van der Waals surface area contributed by atoms with Crippen molar-refractivity contribution in [1.29, 1.82) is 0 Å². The normalized spacial score (nSPS) is 14.8. The van der Waals surface area contributed by atoms with Gasteiger partial charge in [-0.3, -0.25) is 0 Å². The van der Waals surface area contributed by atoms with Crippen LogP contribution in [0.3, 0.4) is 0 Å². The molecule has 2 N–H and O–H groups in total. The summed E-state index contributed by atoms with van der Waals surface area (Å²) in [5.74, 6) is -1.83. The summed E-state index contributed by atoms with van der Waals surface area (Å²) >= 11 is 0. The van der Waals surface area contributed by atoms with Gasteiger partial charge in [0.25, 0.3) is 5.78 Å². The summed E-state index contributed by atoms with van der Waals surface area (Å²) < 4.78 is 39.6. The molecular weight excluding hydrogens is 303 g/mol. The predicted molar refractivity (Wildman–Crippen MR) is 70.3 cm³/mol. The van der Waals surface area contributed by atoms with Gasteiger partial charge >= 0.3 is 12.1 Å². The molecule has 2 aromatic heterocycles. The van der Waals surface area contributed by atoms with E-state index in [9.17, 15) is 23.1 Å². The molecule has 120 valence electrons. The lowest BCUT2D eigenvalue weighted by Crippen LogP contribution is -2.36. The molecule has 0 fully saturated rings. The Kier molecular flexibility index (Phi) is 4.20. The number of aromatic nitrogens is 4. The summed E-state index contributed by atoms with van der Waals surface area (Å²) in [6, 6.07) is -0.333. The second-order valence-corrected chi connectivity index (χ2v) is 4.84. The van der Waals surface area contributed by atoms with Crippen molar-refractivity contribution in [2.24, 2.45) is 5.92 Å². The quantitative estimate of drug-likeness (QED) is 0.877. The number of aliphatic carboxylic acids is 1. The Hall–Kier alpha value is -2.39. The van der Waals surface area contributed by atoms with Crippen LogP contribution in [0, 0.1) is 5.92 Å². The molecule has 2 aromatic rings. The average Bonchev–Trinajstić information content (AvgIpc) is 2.90. The van der Waals surface area contributed by atoms with Gasteiger partial charge in [0, 0.05) is 6.07 Å². The van der Waals surface area contributed by atoms with Crippen LogP contribution in [0.15, 0.2) is 12.4 Å². The Morgan fingerprint density at radius 1 is 1.50 bits per heavy atom. The minimum Gasteiger partial charge on any atom is -0.480 e. The fraction of sp³-hybridized carbons (Fsp3) is 0.500. The molecule has 0 aromatic carbocycles. The fourth-order valence-corrected chi connectivity index (χ4v) is 1.90. The van der Waals surface area contributed by atoms with Gasteiger partial charge in [-0.15, -0.1) is 0 Å². The molecule has 0 amide bonds. The van der Waals surface area contributed by atoms with E-state index in [4.69, 9.17) is 0 Å². The average molecular weight is 317 g/mol. The molecule has 0 aliphatic heterocycles. The number of nitrogens with one attached hydrogen (secondary N) is 1. The molecule has 0 spiro atoms. The summed E-state index contributed by atoms with van der Waals surface area (Å²) in [5.41, 5.74) is -1.16. The molecule has 2 heterocycles. The molecule has 0 radical (unpaired) electrons. The van der Waals surface area contributed by atoms with Gasteiger partial charge in [-0.25, -0.2) is 9.78 Å². The van der Waals surface area contributed by atoms with Gasteiger partial charge in [-0.2, -0.15) is 27.8 Å². The molecule has 0 aliphatic rings. The molecule has 0 bridgehead atoms. The number of alkyl halides is 3. The fourth-order valence-electron chi connectivity index (χ4n) is 1.90. The smallest absolute Gasteiger partial charge is 0.433 e. The number of hydrogen-bond acceptors (Lipinski definition) is 5. The number of nitrogens with zero attached hydrogens (tertiary/aromatic N) is 4. The zero-order valence-electron chi connectivity index (χ0n) is 11.8. The van der Waals surface area contributed by atoms with Gasteiger partial charge in [-0.1, -0.05) is 20.3 Å². The van der Waals surface area contributed by atoms with Crippen molar-refractivity contribution < 1.29 is 23.1 Å². The zero-order valence-corrected chi connectivity index (χ0v) is 11.8. The van der Waals surface area contributed by atoms with E-state index in [1.54, 1.807) is 13.8 Å². The van der Waals surface area contributed by atoms with Gasteiger partial charge in [0.05, 0.1) is 0 Å². The van der Waals surface area contributed by atoms with Crippen LogP contribution in [-0.4, -0.2) is 36.7 Å². The molecule has 2 atom stereocenters. The van der Waals surface area contributed by atoms with E-state index in [0.717, 1.165) is 16.9 Å². The van der Waals surface area contributed by atoms with Crippen molar-refractivity contribution in [3.05, 3.63) is 18.1 Å². The van der Waals surface area contributed by atoms with E-state index >= 15 is 0 Å². The molecular formula is C12H14F3N5O2. The molecule has 7 nitrogen and oxygen atoms in total. The third-order valence-corrected chi connectivity index (χ3v) is 3.32. The van der Waals surface area contributed by atoms with E-state index in [1.807, 2.05) is 0 Å².